The Kier molecular flexibility index (Phi) is 4.45. The molecule has 1 rings (SSSR count). The average Bonchev–Trinajstić information content (AvgIpc) is 2.21. The van der Waals surface area contributed by atoms with Crippen molar-refractivity contribution in [2.24, 2.45) is 0 Å². The first-order valence-corrected chi connectivity index (χ1v) is 5.04. The van der Waals surface area contributed by atoms with Crippen molar-refractivity contribution >= 4 is 11.6 Å². The fraction of sp³-hybridized carbons (Fsp3) is 0.364. The summed E-state index contributed by atoms with van der Waals surface area (Å²) < 4.78 is 0. The summed E-state index contributed by atoms with van der Waals surface area (Å²) >= 11 is 5.76. The van der Waals surface area contributed by atoms with Gasteiger partial charge in [-0.15, -0.1) is 0 Å². The first kappa shape index (κ1) is 11.0. The van der Waals surface area contributed by atoms with Crippen LogP contribution in [0.15, 0.2) is 24.3 Å². The van der Waals surface area contributed by atoms with Gasteiger partial charge in [0.2, 0.25) is 0 Å². The number of hydrogen-bond donors (Lipinski definition) is 1. The fourth-order valence-electron chi connectivity index (χ4n) is 1.18. The largest absolute Gasteiger partial charge is 0.298 e. The minimum absolute atomic E-state index is 0.229. The number of nitrogens with one attached hydrogen (secondary N) is 1. The van der Waals surface area contributed by atoms with Crippen LogP contribution < -0.4 is 5.32 Å². The second-order valence-corrected chi connectivity index (χ2v) is 3.50. The molecule has 2 nitrogen and oxygen atoms in total. The van der Waals surface area contributed by atoms with Crippen molar-refractivity contribution in [1.29, 1.82) is 5.26 Å². The van der Waals surface area contributed by atoms with Crippen molar-refractivity contribution in [2.45, 2.75) is 19.4 Å². The maximum atomic E-state index is 8.93. The van der Waals surface area contributed by atoms with E-state index >= 15 is 0 Å². The zero-order valence-corrected chi connectivity index (χ0v) is 8.88. The van der Waals surface area contributed by atoms with Crippen LogP contribution in [0.5, 0.6) is 0 Å². The first-order chi connectivity index (χ1) is 6.77. The number of benzene rings is 1. The van der Waals surface area contributed by atoms with E-state index in [-0.39, 0.29) is 6.04 Å². The van der Waals surface area contributed by atoms with Crippen LogP contribution in [0.4, 0.5) is 0 Å². The Labute approximate surface area is 89.5 Å². The van der Waals surface area contributed by atoms with Crippen LogP contribution in [-0.2, 0) is 0 Å². The van der Waals surface area contributed by atoms with Crippen LogP contribution in [-0.4, -0.2) is 6.54 Å². The van der Waals surface area contributed by atoms with Crippen molar-refractivity contribution in [2.75, 3.05) is 6.54 Å². The van der Waals surface area contributed by atoms with Crippen LogP contribution in [0, 0.1) is 11.3 Å². The predicted octanol–water partition coefficient (Wildman–Crippen LogP) is 2.90. The maximum Gasteiger partial charge on any atom is 0.121 e. The van der Waals surface area contributed by atoms with Crippen molar-refractivity contribution in [3.63, 3.8) is 0 Å². The van der Waals surface area contributed by atoms with Gasteiger partial charge in [0.15, 0.2) is 0 Å². The second kappa shape index (κ2) is 5.64. The third-order valence-electron chi connectivity index (χ3n) is 1.93. The van der Waals surface area contributed by atoms with Crippen molar-refractivity contribution in [3.05, 3.63) is 34.9 Å². The molecular weight excluding hydrogens is 196 g/mol. The van der Waals surface area contributed by atoms with E-state index in [2.05, 4.69) is 18.3 Å². The molecule has 0 saturated heterocycles. The summed E-state index contributed by atoms with van der Waals surface area (Å²) in [4.78, 5) is 0. The molecule has 0 bridgehead atoms. The van der Waals surface area contributed by atoms with E-state index in [1.165, 1.54) is 0 Å². The highest BCUT2D eigenvalue weighted by atomic mass is 35.5. The van der Waals surface area contributed by atoms with E-state index in [1.807, 2.05) is 12.1 Å². The molecule has 1 aromatic rings. The molecule has 1 atom stereocenters. The third-order valence-corrected chi connectivity index (χ3v) is 2.18. The number of hydrogen-bond acceptors (Lipinski definition) is 2. The highest BCUT2D eigenvalue weighted by Crippen LogP contribution is 2.15. The lowest BCUT2D eigenvalue weighted by atomic mass is 10.1. The molecule has 0 radical (unpaired) electrons. The minimum atomic E-state index is -0.229. The average molecular weight is 209 g/mol. The van der Waals surface area contributed by atoms with Crippen molar-refractivity contribution < 1.29 is 0 Å². The van der Waals surface area contributed by atoms with Gasteiger partial charge in [-0.25, -0.2) is 0 Å². The predicted molar refractivity (Wildman–Crippen MR) is 58.1 cm³/mol. The van der Waals surface area contributed by atoms with Crippen molar-refractivity contribution in [3.8, 4) is 6.07 Å². The normalized spacial score (nSPS) is 12.1. The minimum Gasteiger partial charge on any atom is -0.298 e. The Morgan fingerprint density at radius 1 is 1.43 bits per heavy atom. The van der Waals surface area contributed by atoms with Crippen molar-refractivity contribution in [1.82, 2.24) is 5.32 Å². The molecule has 3 heteroatoms. The Bertz CT molecular complexity index is 313. The van der Waals surface area contributed by atoms with Gasteiger partial charge in [-0.1, -0.05) is 30.7 Å². The Hall–Kier alpha value is -1.04. The van der Waals surface area contributed by atoms with Gasteiger partial charge in [-0.3, -0.25) is 5.32 Å². The molecular formula is C11H13ClN2. The second-order valence-electron chi connectivity index (χ2n) is 3.07. The van der Waals surface area contributed by atoms with Crippen LogP contribution in [0.25, 0.3) is 0 Å². The first-order valence-electron chi connectivity index (χ1n) is 4.66. The van der Waals surface area contributed by atoms with Crippen LogP contribution in [0.3, 0.4) is 0 Å². The standard InChI is InChI=1S/C11H13ClN2/c1-2-7-14-11(8-13)9-3-5-10(12)6-4-9/h3-6,11,14H,2,7H2,1H3. The van der Waals surface area contributed by atoms with Gasteiger partial charge in [-0.05, 0) is 30.7 Å². The molecule has 0 aliphatic carbocycles. The summed E-state index contributed by atoms with van der Waals surface area (Å²) in [6, 6.07) is 9.34. The molecule has 0 aliphatic heterocycles. The molecule has 1 N–H and O–H groups in total. The molecule has 0 amide bonds. The molecule has 14 heavy (non-hydrogen) atoms. The van der Waals surface area contributed by atoms with Gasteiger partial charge in [0.25, 0.3) is 0 Å². The summed E-state index contributed by atoms with van der Waals surface area (Å²) in [6.07, 6.45) is 1.02. The van der Waals surface area contributed by atoms with E-state index < -0.39 is 0 Å². The number of nitrogens with zero attached hydrogens (tertiary/aromatic N) is 1. The molecule has 0 aliphatic rings. The molecule has 0 saturated carbocycles. The zero-order chi connectivity index (χ0) is 10.4. The molecule has 74 valence electrons. The van der Waals surface area contributed by atoms with Gasteiger partial charge in [-0.2, -0.15) is 5.26 Å². The fourth-order valence-corrected chi connectivity index (χ4v) is 1.31. The van der Waals surface area contributed by atoms with E-state index in [0.717, 1.165) is 18.5 Å². The van der Waals surface area contributed by atoms with Crippen LogP contribution >= 0.6 is 11.6 Å². The highest BCUT2D eigenvalue weighted by Gasteiger charge is 2.07. The maximum absolute atomic E-state index is 8.93. The number of halogens is 1. The van der Waals surface area contributed by atoms with Gasteiger partial charge in [0, 0.05) is 5.02 Å². The Morgan fingerprint density at radius 2 is 2.07 bits per heavy atom. The lowest BCUT2D eigenvalue weighted by Crippen LogP contribution is -2.20. The zero-order valence-electron chi connectivity index (χ0n) is 8.13. The smallest absolute Gasteiger partial charge is 0.121 e. The van der Waals surface area contributed by atoms with Gasteiger partial charge in [0.1, 0.15) is 6.04 Å². The van der Waals surface area contributed by atoms with E-state index in [9.17, 15) is 0 Å². The summed E-state index contributed by atoms with van der Waals surface area (Å²) in [5, 5.41) is 12.8. The molecule has 0 heterocycles. The van der Waals surface area contributed by atoms with Gasteiger partial charge in [0.05, 0.1) is 6.07 Å². The molecule has 1 aromatic carbocycles. The number of rotatable bonds is 4. The molecule has 0 spiro atoms. The van der Waals surface area contributed by atoms with E-state index in [1.54, 1.807) is 12.1 Å². The summed E-state index contributed by atoms with van der Waals surface area (Å²) in [6.45, 7) is 2.92. The monoisotopic (exact) mass is 208 g/mol. The Morgan fingerprint density at radius 3 is 2.57 bits per heavy atom. The summed E-state index contributed by atoms with van der Waals surface area (Å²) in [5.74, 6) is 0. The topological polar surface area (TPSA) is 35.8 Å². The van der Waals surface area contributed by atoms with Gasteiger partial charge >= 0.3 is 0 Å². The molecule has 0 aromatic heterocycles. The van der Waals surface area contributed by atoms with Crippen LogP contribution in [0.2, 0.25) is 5.02 Å². The van der Waals surface area contributed by atoms with Crippen LogP contribution in [0.1, 0.15) is 24.9 Å². The third kappa shape index (κ3) is 3.02. The lowest BCUT2D eigenvalue weighted by Gasteiger charge is -2.10. The molecule has 1 unspecified atom stereocenters. The van der Waals surface area contributed by atoms with Gasteiger partial charge < -0.3 is 0 Å². The highest BCUT2D eigenvalue weighted by molar-refractivity contribution is 6.30. The number of nitriles is 1. The summed E-state index contributed by atoms with van der Waals surface area (Å²) in [7, 11) is 0. The quantitative estimate of drug-likeness (QED) is 0.826. The van der Waals surface area contributed by atoms with E-state index in [0.29, 0.717) is 5.02 Å². The molecule has 0 fully saturated rings. The summed E-state index contributed by atoms with van der Waals surface area (Å²) in [5.41, 5.74) is 0.963. The lowest BCUT2D eigenvalue weighted by molar-refractivity contribution is 0.621. The van der Waals surface area contributed by atoms with E-state index in [4.69, 9.17) is 16.9 Å². The SMILES string of the molecule is CCCNC(C#N)c1ccc(Cl)cc1. The Balaban J connectivity index is 2.70.